The van der Waals surface area contributed by atoms with Gasteiger partial charge in [0, 0.05) is 29.7 Å². The summed E-state index contributed by atoms with van der Waals surface area (Å²) in [6, 6.07) is 15.1. The molecule has 0 unspecified atom stereocenters. The predicted molar refractivity (Wildman–Crippen MR) is 147 cm³/mol. The average Bonchev–Trinajstić information content (AvgIpc) is 3.44. The van der Waals surface area contributed by atoms with E-state index in [2.05, 4.69) is 20.8 Å². The first kappa shape index (κ1) is 26.2. The third-order valence-electron chi connectivity index (χ3n) is 5.40. The number of hydrogen-bond donors (Lipinski definition) is 3. The fourth-order valence-electron chi connectivity index (χ4n) is 3.51. The van der Waals surface area contributed by atoms with E-state index in [1.807, 2.05) is 79.8 Å². The number of fused-ring (bicyclic) bond motifs is 1. The maximum Gasteiger partial charge on any atom is 0.266 e. The van der Waals surface area contributed by atoms with Crippen molar-refractivity contribution in [3.63, 3.8) is 0 Å². The maximum atomic E-state index is 12.9. The highest BCUT2D eigenvalue weighted by atomic mass is 35.5. The lowest BCUT2D eigenvalue weighted by Gasteiger charge is -2.13. The molecule has 3 N–H and O–H groups in total. The number of nitrogens with zero attached hydrogens (tertiary/aromatic N) is 2. The summed E-state index contributed by atoms with van der Waals surface area (Å²) in [6.45, 7) is 3.19. The molecule has 2 aromatic carbocycles. The first-order valence-corrected chi connectivity index (χ1v) is 11.8. The van der Waals surface area contributed by atoms with Gasteiger partial charge in [0.25, 0.3) is 11.8 Å². The lowest BCUT2D eigenvalue weighted by Crippen LogP contribution is -2.31. The van der Waals surface area contributed by atoms with Gasteiger partial charge >= 0.3 is 0 Å². The standard InChI is InChI=1S/C26H27N5O2S.ClH/c1-17-12-15-34-24(17)26(33)28-23-16-19(25(32)27-13-14-31(2)3)9-8-18(23)10-11-22-20-6-4-5-7-21(20)29-30-22;/h4-12,15-16H,13-14H2,1-3H3,(H,27,32)(H,28,33)(H,29,30);1H. The van der Waals surface area contributed by atoms with Crippen molar-refractivity contribution in [2.75, 3.05) is 32.5 Å². The van der Waals surface area contributed by atoms with Crippen LogP contribution >= 0.6 is 23.7 Å². The summed E-state index contributed by atoms with van der Waals surface area (Å²) >= 11 is 1.39. The number of aromatic amines is 1. The van der Waals surface area contributed by atoms with Crippen molar-refractivity contribution in [3.8, 4) is 0 Å². The van der Waals surface area contributed by atoms with E-state index in [1.165, 1.54) is 11.3 Å². The summed E-state index contributed by atoms with van der Waals surface area (Å²) in [4.78, 5) is 28.3. The predicted octanol–water partition coefficient (Wildman–Crippen LogP) is 5.07. The quantitative estimate of drug-likeness (QED) is 0.309. The van der Waals surface area contributed by atoms with Gasteiger partial charge in [-0.3, -0.25) is 14.7 Å². The Morgan fingerprint density at radius 1 is 1.09 bits per heavy atom. The molecule has 2 aromatic heterocycles. The van der Waals surface area contributed by atoms with Crippen molar-refractivity contribution < 1.29 is 9.59 Å². The monoisotopic (exact) mass is 509 g/mol. The Labute approximate surface area is 214 Å². The van der Waals surface area contributed by atoms with Gasteiger partial charge in [0.15, 0.2) is 0 Å². The zero-order chi connectivity index (χ0) is 24.1. The number of benzene rings is 2. The van der Waals surface area contributed by atoms with E-state index in [9.17, 15) is 9.59 Å². The SMILES string of the molecule is Cc1ccsc1C(=O)Nc1cc(C(=O)NCCN(C)C)ccc1C=Cc1n[nH]c2ccccc12.Cl. The molecule has 0 radical (unpaired) electrons. The summed E-state index contributed by atoms with van der Waals surface area (Å²) in [6.07, 6.45) is 3.80. The Balaban J connectivity index is 0.00000342. The summed E-state index contributed by atoms with van der Waals surface area (Å²) in [5.41, 5.74) is 4.49. The molecule has 2 heterocycles. The van der Waals surface area contributed by atoms with Crippen molar-refractivity contribution in [1.29, 1.82) is 0 Å². The highest BCUT2D eigenvalue weighted by Gasteiger charge is 2.15. The number of nitrogens with one attached hydrogen (secondary N) is 3. The molecule has 182 valence electrons. The number of carbonyl (C=O) groups excluding carboxylic acids is 2. The van der Waals surface area contributed by atoms with Gasteiger partial charge < -0.3 is 15.5 Å². The van der Waals surface area contributed by atoms with Crippen LogP contribution in [0.15, 0.2) is 53.9 Å². The Morgan fingerprint density at radius 3 is 2.63 bits per heavy atom. The molecule has 35 heavy (non-hydrogen) atoms. The van der Waals surface area contributed by atoms with Crippen LogP contribution in [0.25, 0.3) is 23.1 Å². The van der Waals surface area contributed by atoms with Crippen molar-refractivity contribution >= 4 is 64.3 Å². The second kappa shape index (κ2) is 11.8. The number of para-hydroxylation sites is 1. The minimum absolute atomic E-state index is 0. The molecule has 0 aliphatic rings. The number of likely N-dealkylation sites (N-methyl/N-ethyl adjacent to an activating group) is 1. The summed E-state index contributed by atoms with van der Waals surface area (Å²) in [5.74, 6) is -0.379. The Hall–Kier alpha value is -3.46. The van der Waals surface area contributed by atoms with Gasteiger partial charge in [0.1, 0.15) is 0 Å². The van der Waals surface area contributed by atoms with Crippen LogP contribution < -0.4 is 10.6 Å². The summed E-state index contributed by atoms with van der Waals surface area (Å²) in [7, 11) is 3.91. The highest BCUT2D eigenvalue weighted by Crippen LogP contribution is 2.25. The van der Waals surface area contributed by atoms with Crippen LogP contribution in [0.5, 0.6) is 0 Å². The first-order valence-electron chi connectivity index (χ1n) is 11.0. The molecule has 7 nitrogen and oxygen atoms in total. The van der Waals surface area contributed by atoms with Gasteiger partial charge in [-0.15, -0.1) is 23.7 Å². The Kier molecular flexibility index (Phi) is 8.81. The summed E-state index contributed by atoms with van der Waals surface area (Å²) in [5, 5.41) is 16.2. The number of carbonyl (C=O) groups is 2. The lowest BCUT2D eigenvalue weighted by molar-refractivity contribution is 0.0949. The number of hydrogen-bond acceptors (Lipinski definition) is 5. The molecule has 2 amide bonds. The van der Waals surface area contributed by atoms with Gasteiger partial charge in [-0.1, -0.05) is 30.3 Å². The zero-order valence-electron chi connectivity index (χ0n) is 19.8. The molecule has 9 heteroatoms. The highest BCUT2D eigenvalue weighted by molar-refractivity contribution is 7.12. The van der Waals surface area contributed by atoms with Crippen molar-refractivity contribution in [3.05, 3.63) is 81.2 Å². The number of amides is 2. The van der Waals surface area contributed by atoms with Gasteiger partial charge in [-0.05, 0) is 67.9 Å². The largest absolute Gasteiger partial charge is 0.351 e. The van der Waals surface area contributed by atoms with Crippen LogP contribution in [-0.4, -0.2) is 54.1 Å². The normalized spacial score (nSPS) is 11.1. The van der Waals surface area contributed by atoms with E-state index in [1.54, 1.807) is 12.1 Å². The van der Waals surface area contributed by atoms with Crippen LogP contribution in [-0.2, 0) is 0 Å². The smallest absolute Gasteiger partial charge is 0.266 e. The van der Waals surface area contributed by atoms with Gasteiger partial charge in [-0.2, -0.15) is 5.10 Å². The number of H-pyrrole nitrogens is 1. The third-order valence-corrected chi connectivity index (χ3v) is 6.41. The average molecular weight is 510 g/mol. The lowest BCUT2D eigenvalue weighted by atomic mass is 10.1. The molecule has 4 rings (SSSR count). The Bertz CT molecular complexity index is 1360. The summed E-state index contributed by atoms with van der Waals surface area (Å²) < 4.78 is 0. The number of rotatable bonds is 8. The van der Waals surface area contributed by atoms with Crippen molar-refractivity contribution in [1.82, 2.24) is 20.4 Å². The molecule has 0 bridgehead atoms. The third kappa shape index (κ3) is 6.36. The van der Waals surface area contributed by atoms with Crippen LogP contribution in [0.3, 0.4) is 0 Å². The number of aromatic nitrogens is 2. The molecule has 0 saturated heterocycles. The molecule has 0 fully saturated rings. The number of thiophene rings is 1. The number of anilines is 1. The molecule has 0 spiro atoms. The minimum atomic E-state index is -0.197. The number of aryl methyl sites for hydroxylation is 1. The van der Waals surface area contributed by atoms with Crippen LogP contribution in [0.4, 0.5) is 5.69 Å². The van der Waals surface area contributed by atoms with E-state index in [0.717, 1.165) is 34.3 Å². The minimum Gasteiger partial charge on any atom is -0.351 e. The first-order chi connectivity index (χ1) is 16.4. The maximum absolute atomic E-state index is 12.9. The fraction of sp³-hybridized carbons (Fsp3) is 0.192. The van der Waals surface area contributed by atoms with Crippen LogP contribution in [0.2, 0.25) is 0 Å². The van der Waals surface area contributed by atoms with Crippen molar-refractivity contribution in [2.24, 2.45) is 0 Å². The molecule has 4 aromatic rings. The van der Waals surface area contributed by atoms with E-state index in [4.69, 9.17) is 0 Å². The van der Waals surface area contributed by atoms with E-state index in [0.29, 0.717) is 22.7 Å². The molecule has 0 aliphatic heterocycles. The van der Waals surface area contributed by atoms with E-state index < -0.39 is 0 Å². The molecule has 0 atom stereocenters. The fourth-order valence-corrected chi connectivity index (χ4v) is 4.33. The van der Waals surface area contributed by atoms with Gasteiger partial charge in [0.2, 0.25) is 0 Å². The topological polar surface area (TPSA) is 90.1 Å². The molecular formula is C26H28ClN5O2S. The second-order valence-electron chi connectivity index (χ2n) is 8.24. The van der Waals surface area contributed by atoms with Crippen LogP contribution in [0.1, 0.15) is 36.9 Å². The number of halogens is 1. The zero-order valence-corrected chi connectivity index (χ0v) is 21.4. The van der Waals surface area contributed by atoms with E-state index >= 15 is 0 Å². The van der Waals surface area contributed by atoms with Gasteiger partial charge in [-0.25, -0.2) is 0 Å². The molecular weight excluding hydrogens is 482 g/mol. The second-order valence-corrected chi connectivity index (χ2v) is 9.15. The Morgan fingerprint density at radius 2 is 1.89 bits per heavy atom. The molecule has 0 saturated carbocycles. The van der Waals surface area contributed by atoms with Gasteiger partial charge in [0.05, 0.1) is 16.1 Å². The van der Waals surface area contributed by atoms with Crippen LogP contribution in [0, 0.1) is 6.92 Å². The molecule has 0 aliphatic carbocycles. The van der Waals surface area contributed by atoms with Crippen molar-refractivity contribution in [2.45, 2.75) is 6.92 Å². The van der Waals surface area contributed by atoms with E-state index in [-0.39, 0.29) is 24.2 Å².